The summed E-state index contributed by atoms with van der Waals surface area (Å²) in [6.07, 6.45) is 7.67. The molecule has 0 saturated carbocycles. The summed E-state index contributed by atoms with van der Waals surface area (Å²) >= 11 is 0. The molecule has 2 heterocycles. The van der Waals surface area contributed by atoms with Gasteiger partial charge in [-0.1, -0.05) is 6.42 Å². The maximum absolute atomic E-state index is 10.9. The molecule has 0 radical (unpaired) electrons. The Balaban J connectivity index is 1.60. The van der Waals surface area contributed by atoms with Gasteiger partial charge in [0, 0.05) is 30.4 Å². The van der Waals surface area contributed by atoms with Gasteiger partial charge in [0.15, 0.2) is 0 Å². The van der Waals surface area contributed by atoms with Crippen molar-refractivity contribution in [2.45, 2.75) is 45.1 Å². The summed E-state index contributed by atoms with van der Waals surface area (Å²) in [5.41, 5.74) is 3.16. The van der Waals surface area contributed by atoms with Crippen LogP contribution in [0.4, 0.5) is 5.69 Å². The molecule has 3 heteroatoms. The molecule has 0 amide bonds. The summed E-state index contributed by atoms with van der Waals surface area (Å²) in [6, 6.07) is 6.99. The summed E-state index contributed by atoms with van der Waals surface area (Å²) in [5, 5.41) is 0. The molecular weight excluding hydrogens is 260 g/mol. The highest BCUT2D eigenvalue weighted by Gasteiger charge is 2.25. The maximum Gasteiger partial charge on any atom is 0.150 e. The number of carbonyl (C=O) groups is 1. The van der Waals surface area contributed by atoms with Gasteiger partial charge in [-0.05, 0) is 69.5 Å². The number of nitrogens with zero attached hydrogens (tertiary/aromatic N) is 2. The molecule has 0 aromatic heterocycles. The van der Waals surface area contributed by atoms with Crippen molar-refractivity contribution in [2.24, 2.45) is 0 Å². The van der Waals surface area contributed by atoms with Gasteiger partial charge in [0.25, 0.3) is 0 Å². The lowest BCUT2D eigenvalue weighted by molar-refractivity contribution is 0.112. The third kappa shape index (κ3) is 3.29. The van der Waals surface area contributed by atoms with E-state index in [1.807, 2.05) is 13.0 Å². The number of likely N-dealkylation sites (tertiary alicyclic amines) is 1. The zero-order valence-corrected chi connectivity index (χ0v) is 13.1. The molecule has 3 nitrogen and oxygen atoms in total. The van der Waals surface area contributed by atoms with Gasteiger partial charge >= 0.3 is 0 Å². The summed E-state index contributed by atoms with van der Waals surface area (Å²) in [4.78, 5) is 16.1. The van der Waals surface area contributed by atoms with Crippen LogP contribution in [0.25, 0.3) is 0 Å². The van der Waals surface area contributed by atoms with Crippen molar-refractivity contribution in [3.8, 4) is 0 Å². The Kier molecular flexibility index (Phi) is 4.59. The molecule has 3 rings (SSSR count). The molecule has 1 aromatic carbocycles. The third-order valence-electron chi connectivity index (χ3n) is 5.12. The van der Waals surface area contributed by atoms with Crippen molar-refractivity contribution < 1.29 is 4.79 Å². The van der Waals surface area contributed by atoms with Crippen LogP contribution in [0.15, 0.2) is 18.2 Å². The van der Waals surface area contributed by atoms with Crippen molar-refractivity contribution in [3.63, 3.8) is 0 Å². The summed E-state index contributed by atoms with van der Waals surface area (Å²) < 4.78 is 0. The second-order valence-electron chi connectivity index (χ2n) is 6.47. The zero-order valence-electron chi connectivity index (χ0n) is 13.1. The molecule has 0 spiro atoms. The van der Waals surface area contributed by atoms with Crippen LogP contribution < -0.4 is 4.90 Å². The van der Waals surface area contributed by atoms with Crippen molar-refractivity contribution >= 4 is 12.0 Å². The van der Waals surface area contributed by atoms with E-state index in [1.165, 1.54) is 50.9 Å². The van der Waals surface area contributed by atoms with Crippen LogP contribution in [0.5, 0.6) is 0 Å². The number of anilines is 1. The second-order valence-corrected chi connectivity index (χ2v) is 6.47. The fourth-order valence-electron chi connectivity index (χ4n) is 3.76. The number of carbonyl (C=O) groups excluding carboxylic acids is 1. The minimum absolute atomic E-state index is 0.789. The van der Waals surface area contributed by atoms with Crippen LogP contribution >= 0.6 is 0 Å². The number of aldehydes is 1. The average Bonchev–Trinajstić information content (AvgIpc) is 2.56. The molecule has 21 heavy (non-hydrogen) atoms. The highest BCUT2D eigenvalue weighted by Crippen LogP contribution is 2.25. The Morgan fingerprint density at radius 1 is 1.05 bits per heavy atom. The molecule has 2 fully saturated rings. The van der Waals surface area contributed by atoms with Gasteiger partial charge in [-0.25, -0.2) is 0 Å². The van der Waals surface area contributed by atoms with E-state index in [0.29, 0.717) is 0 Å². The highest BCUT2D eigenvalue weighted by molar-refractivity contribution is 5.78. The maximum atomic E-state index is 10.9. The second kappa shape index (κ2) is 6.61. The number of hydrogen-bond donors (Lipinski definition) is 0. The lowest BCUT2D eigenvalue weighted by Crippen LogP contribution is -2.46. The van der Waals surface area contributed by atoms with Crippen LogP contribution in [-0.2, 0) is 0 Å². The quantitative estimate of drug-likeness (QED) is 0.797. The SMILES string of the molecule is Cc1cc(N2CCC(N3CCCCC3)CC2)ccc1C=O. The van der Waals surface area contributed by atoms with E-state index in [9.17, 15) is 4.79 Å². The van der Waals surface area contributed by atoms with E-state index in [-0.39, 0.29) is 0 Å². The molecule has 0 N–H and O–H groups in total. The Morgan fingerprint density at radius 3 is 2.38 bits per heavy atom. The Bertz CT molecular complexity index is 486. The van der Waals surface area contributed by atoms with Gasteiger partial charge in [-0.15, -0.1) is 0 Å². The van der Waals surface area contributed by atoms with Crippen molar-refractivity contribution in [2.75, 3.05) is 31.1 Å². The third-order valence-corrected chi connectivity index (χ3v) is 5.12. The first-order valence-corrected chi connectivity index (χ1v) is 8.33. The van der Waals surface area contributed by atoms with Crippen molar-refractivity contribution in [1.29, 1.82) is 0 Å². The van der Waals surface area contributed by atoms with E-state index >= 15 is 0 Å². The van der Waals surface area contributed by atoms with Crippen LogP contribution in [-0.4, -0.2) is 43.4 Å². The number of piperidine rings is 2. The number of rotatable bonds is 3. The van der Waals surface area contributed by atoms with Crippen LogP contribution in [0.2, 0.25) is 0 Å². The molecule has 0 unspecified atom stereocenters. The normalized spacial score (nSPS) is 21.5. The first-order chi connectivity index (χ1) is 10.3. The molecule has 0 atom stereocenters. The van der Waals surface area contributed by atoms with Gasteiger partial charge in [0.05, 0.1) is 0 Å². The fourth-order valence-corrected chi connectivity index (χ4v) is 3.76. The molecule has 2 aliphatic heterocycles. The summed E-state index contributed by atoms with van der Waals surface area (Å²) in [7, 11) is 0. The zero-order chi connectivity index (χ0) is 14.7. The van der Waals surface area contributed by atoms with Crippen molar-refractivity contribution in [1.82, 2.24) is 4.90 Å². The smallest absolute Gasteiger partial charge is 0.150 e. The molecular formula is C18H26N2O. The van der Waals surface area contributed by atoms with E-state index in [4.69, 9.17) is 0 Å². The van der Waals surface area contributed by atoms with Gasteiger partial charge in [0.1, 0.15) is 6.29 Å². The Labute approximate surface area is 127 Å². The number of aryl methyl sites for hydroxylation is 1. The Morgan fingerprint density at radius 2 is 1.76 bits per heavy atom. The standard InChI is InChI=1S/C18H26N2O/c1-15-13-18(6-5-16(15)14-21)20-11-7-17(8-12-20)19-9-3-2-4-10-19/h5-6,13-14,17H,2-4,7-12H2,1H3. The van der Waals surface area contributed by atoms with E-state index in [1.54, 1.807) is 0 Å². The van der Waals surface area contributed by atoms with Gasteiger partial charge in [-0.3, -0.25) is 4.79 Å². The topological polar surface area (TPSA) is 23.6 Å². The van der Waals surface area contributed by atoms with Crippen LogP contribution in [0.3, 0.4) is 0 Å². The molecule has 2 aliphatic rings. The molecule has 2 saturated heterocycles. The summed E-state index contributed by atoms with van der Waals surface area (Å²) in [5.74, 6) is 0. The minimum atomic E-state index is 0.789. The van der Waals surface area contributed by atoms with Crippen LogP contribution in [0, 0.1) is 6.92 Å². The lowest BCUT2D eigenvalue weighted by atomic mass is 9.99. The Hall–Kier alpha value is -1.35. The largest absolute Gasteiger partial charge is 0.371 e. The van der Waals surface area contributed by atoms with Crippen molar-refractivity contribution in [3.05, 3.63) is 29.3 Å². The predicted octanol–water partition coefficient (Wildman–Crippen LogP) is 3.26. The fraction of sp³-hybridized carbons (Fsp3) is 0.611. The average molecular weight is 286 g/mol. The molecule has 0 aliphatic carbocycles. The number of hydrogen-bond acceptors (Lipinski definition) is 3. The van der Waals surface area contributed by atoms with Gasteiger partial charge < -0.3 is 9.80 Å². The van der Waals surface area contributed by atoms with Crippen LogP contribution in [0.1, 0.15) is 48.0 Å². The predicted molar refractivity (Wildman–Crippen MR) is 87.2 cm³/mol. The highest BCUT2D eigenvalue weighted by atomic mass is 16.1. The van der Waals surface area contributed by atoms with Gasteiger partial charge in [-0.2, -0.15) is 0 Å². The number of benzene rings is 1. The minimum Gasteiger partial charge on any atom is -0.371 e. The first-order valence-electron chi connectivity index (χ1n) is 8.33. The van der Waals surface area contributed by atoms with E-state index in [2.05, 4.69) is 21.9 Å². The van der Waals surface area contributed by atoms with E-state index in [0.717, 1.165) is 36.5 Å². The molecule has 0 bridgehead atoms. The first kappa shape index (κ1) is 14.6. The molecule has 1 aromatic rings. The molecule has 114 valence electrons. The monoisotopic (exact) mass is 286 g/mol. The lowest BCUT2D eigenvalue weighted by Gasteiger charge is -2.41. The summed E-state index contributed by atoms with van der Waals surface area (Å²) in [6.45, 7) is 6.91. The van der Waals surface area contributed by atoms with E-state index < -0.39 is 0 Å². The van der Waals surface area contributed by atoms with Gasteiger partial charge in [0.2, 0.25) is 0 Å².